The number of ether oxygens (including phenoxy) is 2. The van der Waals surface area contributed by atoms with Gasteiger partial charge in [-0.1, -0.05) is 61.0 Å². The van der Waals surface area contributed by atoms with Crippen LogP contribution < -0.4 is 4.74 Å². The summed E-state index contributed by atoms with van der Waals surface area (Å²) in [6, 6.07) is 22.2. The zero-order valence-electron chi connectivity index (χ0n) is 16.7. The predicted molar refractivity (Wildman–Crippen MR) is 112 cm³/mol. The summed E-state index contributed by atoms with van der Waals surface area (Å²) in [5, 5.41) is 0. The minimum Gasteiger partial charge on any atom is -0.489 e. The first-order valence-corrected chi connectivity index (χ1v) is 9.63. The molecule has 3 aromatic carbocycles. The van der Waals surface area contributed by atoms with Gasteiger partial charge in [-0.2, -0.15) is 0 Å². The maximum Gasteiger partial charge on any atom is 0.338 e. The highest BCUT2D eigenvalue weighted by Crippen LogP contribution is 2.14. The molecule has 0 saturated heterocycles. The van der Waals surface area contributed by atoms with Crippen LogP contribution in [0.25, 0.3) is 0 Å². The summed E-state index contributed by atoms with van der Waals surface area (Å²) < 4.78 is 10.9. The Bertz CT molecular complexity index is 955. The summed E-state index contributed by atoms with van der Waals surface area (Å²) in [6.07, 6.45) is 0.912. The van der Waals surface area contributed by atoms with E-state index in [-0.39, 0.29) is 12.4 Å². The second-order valence-electron chi connectivity index (χ2n) is 6.85. The maximum atomic E-state index is 12.2. The predicted octanol–water partition coefficient (Wildman–Crippen LogP) is 5.18. The molecule has 4 nitrogen and oxygen atoms in total. The number of esters is 1. The highest BCUT2D eigenvalue weighted by molar-refractivity contribution is 5.99. The van der Waals surface area contributed by atoms with Crippen molar-refractivity contribution in [2.24, 2.45) is 0 Å². The van der Waals surface area contributed by atoms with E-state index >= 15 is 0 Å². The van der Waals surface area contributed by atoms with Gasteiger partial charge in [-0.3, -0.25) is 4.79 Å². The van der Waals surface area contributed by atoms with Crippen molar-refractivity contribution >= 4 is 11.8 Å². The Kier molecular flexibility index (Phi) is 6.80. The molecule has 0 aliphatic rings. The van der Waals surface area contributed by atoms with Gasteiger partial charge in [0.05, 0.1) is 5.56 Å². The Hall–Kier alpha value is -3.40. The van der Waals surface area contributed by atoms with Crippen LogP contribution >= 0.6 is 0 Å². The first-order chi connectivity index (χ1) is 14.0. The molecular formula is C25H24O4. The molecule has 0 aliphatic carbocycles. The van der Waals surface area contributed by atoms with E-state index in [9.17, 15) is 9.59 Å². The van der Waals surface area contributed by atoms with Gasteiger partial charge in [0.15, 0.2) is 12.4 Å². The first-order valence-electron chi connectivity index (χ1n) is 9.63. The highest BCUT2D eigenvalue weighted by atomic mass is 16.5. The molecule has 0 spiro atoms. The number of rotatable bonds is 8. The fraction of sp³-hybridized carbons (Fsp3) is 0.200. The number of carbonyl (C=O) groups is 2. The van der Waals surface area contributed by atoms with E-state index in [0.717, 1.165) is 23.3 Å². The molecule has 0 atom stereocenters. The molecule has 3 rings (SSSR count). The van der Waals surface area contributed by atoms with Crippen LogP contribution in [0.3, 0.4) is 0 Å². The lowest BCUT2D eigenvalue weighted by atomic mass is 10.1. The molecule has 0 fully saturated rings. The average Bonchev–Trinajstić information content (AvgIpc) is 2.77. The minimum absolute atomic E-state index is 0.218. The number of ketones is 1. The topological polar surface area (TPSA) is 52.6 Å². The van der Waals surface area contributed by atoms with Crippen LogP contribution in [0, 0.1) is 6.92 Å². The van der Waals surface area contributed by atoms with E-state index in [1.165, 1.54) is 5.56 Å². The molecule has 0 bridgehead atoms. The van der Waals surface area contributed by atoms with Crippen LogP contribution in [-0.4, -0.2) is 18.4 Å². The lowest BCUT2D eigenvalue weighted by Crippen LogP contribution is -2.14. The maximum absolute atomic E-state index is 12.2. The Morgan fingerprint density at radius 3 is 1.97 bits per heavy atom. The van der Waals surface area contributed by atoms with E-state index in [0.29, 0.717) is 17.7 Å². The number of hydrogen-bond acceptors (Lipinski definition) is 4. The number of carbonyl (C=O) groups excluding carboxylic acids is 2. The van der Waals surface area contributed by atoms with E-state index in [1.54, 1.807) is 24.3 Å². The lowest BCUT2D eigenvalue weighted by Gasteiger charge is -2.08. The molecule has 0 amide bonds. The Morgan fingerprint density at radius 2 is 1.34 bits per heavy atom. The quantitative estimate of drug-likeness (QED) is 0.394. The summed E-state index contributed by atoms with van der Waals surface area (Å²) in [4.78, 5) is 24.4. The van der Waals surface area contributed by atoms with Crippen LogP contribution in [-0.2, 0) is 17.8 Å². The average molecular weight is 388 g/mol. The molecule has 0 aromatic heterocycles. The van der Waals surface area contributed by atoms with Gasteiger partial charge in [0.2, 0.25) is 0 Å². The van der Waals surface area contributed by atoms with Crippen molar-refractivity contribution in [2.75, 3.05) is 6.61 Å². The Labute approximate surface area is 171 Å². The Morgan fingerprint density at radius 1 is 0.759 bits per heavy atom. The highest BCUT2D eigenvalue weighted by Gasteiger charge is 2.12. The molecule has 0 heterocycles. The fourth-order valence-electron chi connectivity index (χ4n) is 2.76. The van der Waals surface area contributed by atoms with Crippen molar-refractivity contribution in [1.29, 1.82) is 0 Å². The van der Waals surface area contributed by atoms with Crippen LogP contribution in [0.2, 0.25) is 0 Å². The lowest BCUT2D eigenvalue weighted by molar-refractivity contribution is 0.0474. The van der Waals surface area contributed by atoms with E-state index in [1.807, 2.05) is 55.5 Å². The van der Waals surface area contributed by atoms with E-state index in [4.69, 9.17) is 9.47 Å². The summed E-state index contributed by atoms with van der Waals surface area (Å²) in [5.74, 6) is 0.0585. The fourth-order valence-corrected chi connectivity index (χ4v) is 2.76. The van der Waals surface area contributed by atoms with Gasteiger partial charge in [-0.25, -0.2) is 4.79 Å². The zero-order chi connectivity index (χ0) is 20.6. The SMILES string of the molecule is CCc1ccc(C(=O)COC(=O)c2ccc(COc3ccc(C)cc3)cc2)cc1. The number of aryl methyl sites for hydroxylation is 2. The summed E-state index contributed by atoms with van der Waals surface area (Å²) in [5.41, 5.74) is 4.22. The smallest absolute Gasteiger partial charge is 0.338 e. The molecule has 0 aliphatic heterocycles. The molecule has 0 unspecified atom stereocenters. The van der Waals surface area contributed by atoms with Crippen LogP contribution in [0.5, 0.6) is 5.75 Å². The molecule has 3 aromatic rings. The van der Waals surface area contributed by atoms with E-state index < -0.39 is 5.97 Å². The van der Waals surface area contributed by atoms with Crippen LogP contribution in [0.1, 0.15) is 44.3 Å². The molecule has 4 heteroatoms. The standard InChI is InChI=1S/C25H24O4/c1-3-19-6-10-21(11-7-19)24(26)17-29-25(27)22-12-8-20(9-13-22)16-28-23-14-4-18(2)5-15-23/h4-15H,3,16-17H2,1-2H3. The number of benzene rings is 3. The van der Waals surface area contributed by atoms with Crippen molar-refractivity contribution in [3.8, 4) is 5.75 Å². The van der Waals surface area contributed by atoms with Gasteiger partial charge in [0, 0.05) is 5.56 Å². The Balaban J connectivity index is 1.50. The summed E-state index contributed by atoms with van der Waals surface area (Å²) >= 11 is 0. The summed E-state index contributed by atoms with van der Waals surface area (Å²) in [6.45, 7) is 4.21. The van der Waals surface area contributed by atoms with Crippen molar-refractivity contribution in [3.63, 3.8) is 0 Å². The zero-order valence-corrected chi connectivity index (χ0v) is 16.7. The second-order valence-corrected chi connectivity index (χ2v) is 6.85. The van der Waals surface area contributed by atoms with Gasteiger partial charge < -0.3 is 9.47 Å². The molecular weight excluding hydrogens is 364 g/mol. The molecule has 0 N–H and O–H groups in total. The van der Waals surface area contributed by atoms with Gasteiger partial charge in [0.25, 0.3) is 0 Å². The third-order valence-corrected chi connectivity index (χ3v) is 4.63. The van der Waals surface area contributed by atoms with Gasteiger partial charge in [0.1, 0.15) is 12.4 Å². The monoisotopic (exact) mass is 388 g/mol. The summed E-state index contributed by atoms with van der Waals surface area (Å²) in [7, 11) is 0. The van der Waals surface area contributed by atoms with Crippen LogP contribution in [0.4, 0.5) is 0 Å². The molecule has 29 heavy (non-hydrogen) atoms. The van der Waals surface area contributed by atoms with Crippen molar-refractivity contribution in [1.82, 2.24) is 0 Å². The van der Waals surface area contributed by atoms with Crippen molar-refractivity contribution < 1.29 is 19.1 Å². The number of hydrogen-bond donors (Lipinski definition) is 0. The first kappa shape index (κ1) is 20.3. The van der Waals surface area contributed by atoms with E-state index in [2.05, 4.69) is 6.92 Å². The molecule has 0 saturated carbocycles. The van der Waals surface area contributed by atoms with Gasteiger partial charge in [-0.05, 0) is 48.7 Å². The van der Waals surface area contributed by atoms with Gasteiger partial charge in [-0.15, -0.1) is 0 Å². The third-order valence-electron chi connectivity index (χ3n) is 4.63. The normalized spacial score (nSPS) is 10.4. The molecule has 148 valence electrons. The van der Waals surface area contributed by atoms with Crippen molar-refractivity contribution in [3.05, 3.63) is 101 Å². The minimum atomic E-state index is -0.519. The van der Waals surface area contributed by atoms with Crippen LogP contribution in [0.15, 0.2) is 72.8 Å². The van der Waals surface area contributed by atoms with Crippen molar-refractivity contribution in [2.45, 2.75) is 26.9 Å². The molecule has 0 radical (unpaired) electrons. The number of Topliss-reactive ketones (excluding diaryl/α,β-unsaturated/α-hetero) is 1. The third kappa shape index (κ3) is 5.79. The largest absolute Gasteiger partial charge is 0.489 e. The van der Waals surface area contributed by atoms with Gasteiger partial charge >= 0.3 is 5.97 Å². The second kappa shape index (κ2) is 9.69.